The van der Waals surface area contributed by atoms with E-state index in [0.29, 0.717) is 22.9 Å². The van der Waals surface area contributed by atoms with Gasteiger partial charge in [0.2, 0.25) is 0 Å². The first-order valence-electron chi connectivity index (χ1n) is 10.5. The number of hydrogen-bond donors (Lipinski definition) is 1. The van der Waals surface area contributed by atoms with Crippen molar-refractivity contribution in [3.8, 4) is 11.5 Å². The molecule has 1 heterocycles. The zero-order valence-corrected chi connectivity index (χ0v) is 18.7. The molecule has 0 spiro atoms. The van der Waals surface area contributed by atoms with Crippen LogP contribution in [0.15, 0.2) is 60.7 Å². The molecule has 170 valence electrons. The Morgan fingerprint density at radius 2 is 1.97 bits per heavy atom. The van der Waals surface area contributed by atoms with Crippen LogP contribution in [-0.4, -0.2) is 25.0 Å². The van der Waals surface area contributed by atoms with Crippen molar-refractivity contribution in [1.82, 2.24) is 0 Å². The van der Waals surface area contributed by atoms with Gasteiger partial charge in [0.05, 0.1) is 12.2 Å². The molecule has 0 bridgehead atoms. The SMILES string of the molecule is CCc1ccc(OCC(=O)Nc2ccc3c(c2)N(Cc2c(F)cccc2Cl)C(=O)CO3)cc1. The summed E-state index contributed by atoms with van der Waals surface area (Å²) in [5.41, 5.74) is 2.25. The average molecular weight is 469 g/mol. The maximum absolute atomic E-state index is 14.3. The third kappa shape index (κ3) is 5.26. The normalized spacial score (nSPS) is 12.7. The second-order valence-corrected chi connectivity index (χ2v) is 7.89. The standard InChI is InChI=1S/C25H22ClFN2O4/c1-2-16-6-9-18(10-7-16)32-14-24(30)28-17-8-11-23-22(12-17)29(25(31)15-33-23)13-19-20(26)4-3-5-21(19)27/h3-12H,2,13-15H2,1H3,(H,28,30). The zero-order chi connectivity index (χ0) is 23.4. The topological polar surface area (TPSA) is 67.9 Å². The molecule has 0 saturated heterocycles. The highest BCUT2D eigenvalue weighted by Gasteiger charge is 2.27. The summed E-state index contributed by atoms with van der Waals surface area (Å²) >= 11 is 6.15. The number of halogens is 2. The van der Waals surface area contributed by atoms with Gasteiger partial charge in [-0.25, -0.2) is 4.39 Å². The molecule has 3 aromatic carbocycles. The van der Waals surface area contributed by atoms with E-state index in [1.165, 1.54) is 22.6 Å². The molecule has 33 heavy (non-hydrogen) atoms. The van der Waals surface area contributed by atoms with Crippen LogP contribution in [0.3, 0.4) is 0 Å². The minimum atomic E-state index is -0.503. The molecule has 0 radical (unpaired) electrons. The van der Waals surface area contributed by atoms with Crippen LogP contribution in [0.4, 0.5) is 15.8 Å². The van der Waals surface area contributed by atoms with Crippen molar-refractivity contribution in [2.45, 2.75) is 19.9 Å². The van der Waals surface area contributed by atoms with E-state index in [1.54, 1.807) is 24.3 Å². The molecular weight excluding hydrogens is 447 g/mol. The predicted octanol–water partition coefficient (Wildman–Crippen LogP) is 4.98. The van der Waals surface area contributed by atoms with Crippen LogP contribution < -0.4 is 19.7 Å². The summed E-state index contributed by atoms with van der Waals surface area (Å²) < 4.78 is 25.3. The molecule has 0 aromatic heterocycles. The van der Waals surface area contributed by atoms with Gasteiger partial charge in [0.15, 0.2) is 13.2 Å². The summed E-state index contributed by atoms with van der Waals surface area (Å²) in [5, 5.41) is 2.98. The number of carbonyl (C=O) groups is 2. The summed E-state index contributed by atoms with van der Waals surface area (Å²) in [6, 6.07) is 16.8. The van der Waals surface area contributed by atoms with Crippen molar-refractivity contribution in [2.24, 2.45) is 0 Å². The first kappa shape index (κ1) is 22.6. The van der Waals surface area contributed by atoms with E-state index in [9.17, 15) is 14.0 Å². The number of nitrogens with zero attached hydrogens (tertiary/aromatic N) is 1. The Kier molecular flexibility index (Phi) is 6.79. The van der Waals surface area contributed by atoms with Gasteiger partial charge < -0.3 is 19.7 Å². The van der Waals surface area contributed by atoms with Crippen molar-refractivity contribution in [3.05, 3.63) is 82.6 Å². The van der Waals surface area contributed by atoms with Crippen molar-refractivity contribution in [1.29, 1.82) is 0 Å². The molecular formula is C25H22ClFN2O4. The second kappa shape index (κ2) is 9.92. The van der Waals surface area contributed by atoms with Gasteiger partial charge in [-0.05, 0) is 54.4 Å². The maximum Gasteiger partial charge on any atom is 0.265 e. The van der Waals surface area contributed by atoms with Gasteiger partial charge in [0.25, 0.3) is 11.8 Å². The molecule has 0 saturated carbocycles. The number of fused-ring (bicyclic) bond motifs is 1. The lowest BCUT2D eigenvalue weighted by atomic mass is 10.1. The highest BCUT2D eigenvalue weighted by atomic mass is 35.5. The van der Waals surface area contributed by atoms with Gasteiger partial charge in [-0.3, -0.25) is 9.59 Å². The van der Waals surface area contributed by atoms with Crippen molar-refractivity contribution >= 4 is 34.8 Å². The van der Waals surface area contributed by atoms with Crippen LogP contribution in [0, 0.1) is 5.82 Å². The van der Waals surface area contributed by atoms with Gasteiger partial charge in [0.1, 0.15) is 17.3 Å². The smallest absolute Gasteiger partial charge is 0.265 e. The fourth-order valence-electron chi connectivity index (χ4n) is 3.46. The van der Waals surface area contributed by atoms with Crippen molar-refractivity contribution < 1.29 is 23.5 Å². The predicted molar refractivity (Wildman–Crippen MR) is 124 cm³/mol. The molecule has 1 aliphatic rings. The van der Waals surface area contributed by atoms with E-state index in [2.05, 4.69) is 12.2 Å². The Morgan fingerprint density at radius 1 is 1.18 bits per heavy atom. The van der Waals surface area contributed by atoms with E-state index >= 15 is 0 Å². The number of amides is 2. The average Bonchev–Trinajstić information content (AvgIpc) is 2.82. The third-order valence-electron chi connectivity index (χ3n) is 5.27. The van der Waals surface area contributed by atoms with Crippen LogP contribution >= 0.6 is 11.6 Å². The fraction of sp³-hybridized carbons (Fsp3) is 0.200. The monoisotopic (exact) mass is 468 g/mol. The van der Waals surface area contributed by atoms with Crippen LogP contribution in [0.25, 0.3) is 0 Å². The molecule has 0 aliphatic carbocycles. The van der Waals surface area contributed by atoms with E-state index in [1.807, 2.05) is 24.3 Å². The number of rotatable bonds is 7. The molecule has 6 nitrogen and oxygen atoms in total. The molecule has 8 heteroatoms. The Hall–Kier alpha value is -3.58. The minimum Gasteiger partial charge on any atom is -0.484 e. The largest absolute Gasteiger partial charge is 0.484 e. The van der Waals surface area contributed by atoms with E-state index in [-0.39, 0.29) is 42.2 Å². The van der Waals surface area contributed by atoms with Crippen LogP contribution in [0.2, 0.25) is 5.02 Å². The summed E-state index contributed by atoms with van der Waals surface area (Å²) in [7, 11) is 0. The van der Waals surface area contributed by atoms with Crippen molar-refractivity contribution in [2.75, 3.05) is 23.4 Å². The number of aryl methyl sites for hydroxylation is 1. The molecule has 1 aliphatic heterocycles. The van der Waals surface area contributed by atoms with Gasteiger partial charge >= 0.3 is 0 Å². The summed E-state index contributed by atoms with van der Waals surface area (Å²) in [5.74, 6) is -0.158. The van der Waals surface area contributed by atoms with Gasteiger partial charge in [0, 0.05) is 16.3 Å². The lowest BCUT2D eigenvalue weighted by molar-refractivity contribution is -0.121. The number of carbonyl (C=O) groups excluding carboxylic acids is 2. The number of hydrogen-bond acceptors (Lipinski definition) is 4. The maximum atomic E-state index is 14.3. The third-order valence-corrected chi connectivity index (χ3v) is 5.62. The van der Waals surface area contributed by atoms with Crippen LogP contribution in [-0.2, 0) is 22.6 Å². The molecule has 0 unspecified atom stereocenters. The number of benzene rings is 3. The summed E-state index contributed by atoms with van der Waals surface area (Å²) in [4.78, 5) is 26.3. The zero-order valence-electron chi connectivity index (χ0n) is 17.9. The molecule has 1 N–H and O–H groups in total. The number of anilines is 2. The summed E-state index contributed by atoms with van der Waals surface area (Å²) in [6.45, 7) is 1.66. The van der Waals surface area contributed by atoms with Crippen LogP contribution in [0.5, 0.6) is 11.5 Å². The highest BCUT2D eigenvalue weighted by molar-refractivity contribution is 6.31. The minimum absolute atomic E-state index is 0.0605. The number of ether oxygens (including phenoxy) is 2. The Balaban J connectivity index is 1.47. The van der Waals surface area contributed by atoms with E-state index < -0.39 is 5.82 Å². The first-order chi connectivity index (χ1) is 15.9. The molecule has 0 fully saturated rings. The van der Waals surface area contributed by atoms with Gasteiger partial charge in [-0.2, -0.15) is 0 Å². The fourth-order valence-corrected chi connectivity index (χ4v) is 3.68. The van der Waals surface area contributed by atoms with E-state index in [0.717, 1.165) is 6.42 Å². The van der Waals surface area contributed by atoms with Crippen LogP contribution in [0.1, 0.15) is 18.1 Å². The molecule has 3 aromatic rings. The Morgan fingerprint density at radius 3 is 2.70 bits per heavy atom. The Bertz CT molecular complexity index is 1160. The second-order valence-electron chi connectivity index (χ2n) is 7.49. The highest BCUT2D eigenvalue weighted by Crippen LogP contribution is 2.36. The molecule has 0 atom stereocenters. The van der Waals surface area contributed by atoms with Crippen molar-refractivity contribution in [3.63, 3.8) is 0 Å². The lowest BCUT2D eigenvalue weighted by Crippen LogP contribution is -2.38. The van der Waals surface area contributed by atoms with E-state index in [4.69, 9.17) is 21.1 Å². The quantitative estimate of drug-likeness (QED) is 0.530. The van der Waals surface area contributed by atoms with Gasteiger partial charge in [-0.1, -0.05) is 36.7 Å². The lowest BCUT2D eigenvalue weighted by Gasteiger charge is -2.30. The number of nitrogens with one attached hydrogen (secondary N) is 1. The Labute approximate surface area is 195 Å². The van der Waals surface area contributed by atoms with Gasteiger partial charge in [-0.15, -0.1) is 0 Å². The molecule has 2 amide bonds. The molecule has 4 rings (SSSR count). The summed E-state index contributed by atoms with van der Waals surface area (Å²) in [6.07, 6.45) is 0.922. The first-order valence-corrected chi connectivity index (χ1v) is 10.8.